The van der Waals surface area contributed by atoms with Gasteiger partial charge < -0.3 is 4.57 Å². The number of sulfonamides is 1. The van der Waals surface area contributed by atoms with E-state index in [0.717, 1.165) is 25.2 Å². The van der Waals surface area contributed by atoms with Crippen molar-refractivity contribution >= 4 is 26.0 Å². The van der Waals surface area contributed by atoms with Crippen LogP contribution in [0.5, 0.6) is 0 Å². The number of hydrogen-bond donors (Lipinski definition) is 0. The number of rotatable bonds is 4. The van der Waals surface area contributed by atoms with Crippen LogP contribution in [0.1, 0.15) is 25.6 Å². The molecule has 1 saturated heterocycles. The Hall–Kier alpha value is -0.400. The van der Waals surface area contributed by atoms with Crippen molar-refractivity contribution in [2.45, 2.75) is 44.3 Å². The Morgan fingerprint density at radius 2 is 2.28 bits per heavy atom. The van der Waals surface area contributed by atoms with Gasteiger partial charge in [0.2, 0.25) is 0 Å². The average molecular weight is 336 g/mol. The summed E-state index contributed by atoms with van der Waals surface area (Å²) in [6.45, 7) is 5.13. The highest BCUT2D eigenvalue weighted by Gasteiger charge is 2.36. The zero-order valence-corrected chi connectivity index (χ0v) is 13.0. The molecule has 0 spiro atoms. The van der Waals surface area contributed by atoms with Gasteiger partial charge in [0.1, 0.15) is 5.82 Å². The van der Waals surface area contributed by atoms with Crippen LogP contribution >= 0.6 is 15.9 Å². The second-order valence-corrected chi connectivity index (χ2v) is 6.96. The Morgan fingerprint density at radius 1 is 1.56 bits per heavy atom. The fourth-order valence-corrected chi connectivity index (χ4v) is 4.88. The number of hydrogen-bond acceptors (Lipinski definition) is 3. The number of nitrogens with zero attached hydrogens (tertiary/aromatic N) is 3. The lowest BCUT2D eigenvalue weighted by atomic mass is 10.3. The number of imidazole rings is 1. The normalized spacial score (nSPS) is 21.6. The van der Waals surface area contributed by atoms with Crippen molar-refractivity contribution in [3.8, 4) is 0 Å². The molecule has 2 heterocycles. The highest BCUT2D eigenvalue weighted by molar-refractivity contribution is 9.09. The molecule has 0 radical (unpaired) electrons. The summed E-state index contributed by atoms with van der Waals surface area (Å²) in [5.41, 5.74) is 0. The maximum atomic E-state index is 12.5. The Labute approximate surface area is 116 Å². The SMILES string of the molecule is CCn1cc(S(=O)(=O)N2CCCC2CBr)nc1C. The Morgan fingerprint density at radius 3 is 2.83 bits per heavy atom. The standard InChI is InChI=1S/C11H18BrN3O2S/c1-3-14-8-11(13-9(14)2)18(16,17)15-6-4-5-10(15)7-12/h8,10H,3-7H2,1-2H3. The molecule has 102 valence electrons. The van der Waals surface area contributed by atoms with E-state index in [-0.39, 0.29) is 11.1 Å². The van der Waals surface area contributed by atoms with Gasteiger partial charge in [0.05, 0.1) is 0 Å². The summed E-state index contributed by atoms with van der Waals surface area (Å²) in [6, 6.07) is 0.0575. The molecule has 1 atom stereocenters. The van der Waals surface area contributed by atoms with Crippen LogP contribution in [-0.4, -0.2) is 40.2 Å². The van der Waals surface area contributed by atoms with E-state index in [1.807, 2.05) is 18.4 Å². The van der Waals surface area contributed by atoms with Crippen LogP contribution in [0.25, 0.3) is 0 Å². The molecular weight excluding hydrogens is 318 g/mol. The van der Waals surface area contributed by atoms with Gasteiger partial charge in [-0.1, -0.05) is 15.9 Å². The van der Waals surface area contributed by atoms with Crippen molar-refractivity contribution in [1.82, 2.24) is 13.9 Å². The average Bonchev–Trinajstić information content (AvgIpc) is 2.94. The lowest BCUT2D eigenvalue weighted by molar-refractivity contribution is 0.412. The molecule has 1 aromatic rings. The monoisotopic (exact) mass is 335 g/mol. The zero-order valence-electron chi connectivity index (χ0n) is 10.6. The molecule has 18 heavy (non-hydrogen) atoms. The second kappa shape index (κ2) is 5.30. The number of alkyl halides is 1. The molecular formula is C11H18BrN3O2S. The largest absolute Gasteiger partial charge is 0.334 e. The van der Waals surface area contributed by atoms with E-state index in [4.69, 9.17) is 0 Å². The number of halogens is 1. The molecule has 7 heteroatoms. The highest BCUT2D eigenvalue weighted by Crippen LogP contribution is 2.26. The maximum Gasteiger partial charge on any atom is 0.262 e. The minimum atomic E-state index is -3.44. The minimum Gasteiger partial charge on any atom is -0.334 e. The molecule has 1 aliphatic heterocycles. The Balaban J connectivity index is 2.35. The molecule has 0 amide bonds. The van der Waals surface area contributed by atoms with Crippen LogP contribution in [0, 0.1) is 6.92 Å². The summed E-state index contributed by atoms with van der Waals surface area (Å²) in [7, 11) is -3.44. The van der Waals surface area contributed by atoms with Crippen LogP contribution in [0.3, 0.4) is 0 Å². The Bertz CT molecular complexity index is 526. The van der Waals surface area contributed by atoms with Gasteiger partial charge >= 0.3 is 0 Å². The third-order valence-electron chi connectivity index (χ3n) is 3.37. The first-order valence-electron chi connectivity index (χ1n) is 6.12. The second-order valence-electron chi connectivity index (χ2n) is 4.48. The van der Waals surface area contributed by atoms with E-state index >= 15 is 0 Å². The van der Waals surface area contributed by atoms with E-state index in [2.05, 4.69) is 20.9 Å². The molecule has 2 rings (SSSR count). The minimum absolute atomic E-state index is 0.0575. The van der Waals surface area contributed by atoms with Gasteiger partial charge in [-0.15, -0.1) is 0 Å². The summed E-state index contributed by atoms with van der Waals surface area (Å²) in [4.78, 5) is 4.18. The van der Waals surface area contributed by atoms with E-state index in [1.165, 1.54) is 0 Å². The quantitative estimate of drug-likeness (QED) is 0.788. The van der Waals surface area contributed by atoms with Crippen LogP contribution in [0.2, 0.25) is 0 Å². The van der Waals surface area contributed by atoms with Gasteiger partial charge in [0.25, 0.3) is 10.0 Å². The van der Waals surface area contributed by atoms with E-state index in [1.54, 1.807) is 10.5 Å². The Kier molecular flexibility index (Phi) is 4.13. The predicted molar refractivity (Wildman–Crippen MR) is 73.3 cm³/mol. The molecule has 0 aromatic carbocycles. The van der Waals surface area contributed by atoms with Gasteiger partial charge in [-0.2, -0.15) is 4.31 Å². The van der Waals surface area contributed by atoms with Crippen molar-refractivity contribution in [3.05, 3.63) is 12.0 Å². The van der Waals surface area contributed by atoms with Crippen molar-refractivity contribution in [1.29, 1.82) is 0 Å². The number of aromatic nitrogens is 2. The van der Waals surface area contributed by atoms with Crippen LogP contribution in [0.4, 0.5) is 0 Å². The maximum absolute atomic E-state index is 12.5. The van der Waals surface area contributed by atoms with Crippen molar-refractivity contribution in [3.63, 3.8) is 0 Å². The zero-order chi connectivity index (χ0) is 13.3. The molecule has 0 aliphatic carbocycles. The van der Waals surface area contributed by atoms with Gasteiger partial charge in [0.15, 0.2) is 5.03 Å². The van der Waals surface area contributed by atoms with Crippen LogP contribution < -0.4 is 0 Å². The third-order valence-corrected chi connectivity index (χ3v) is 5.94. The molecule has 1 unspecified atom stereocenters. The molecule has 0 N–H and O–H groups in total. The first-order valence-corrected chi connectivity index (χ1v) is 8.68. The van der Waals surface area contributed by atoms with Gasteiger partial charge in [-0.05, 0) is 26.7 Å². The third kappa shape index (κ3) is 2.35. The van der Waals surface area contributed by atoms with E-state index < -0.39 is 10.0 Å². The molecule has 0 saturated carbocycles. The van der Waals surface area contributed by atoms with E-state index in [0.29, 0.717) is 11.9 Å². The van der Waals surface area contributed by atoms with Crippen molar-refractivity contribution in [2.24, 2.45) is 0 Å². The van der Waals surface area contributed by atoms with Crippen molar-refractivity contribution in [2.75, 3.05) is 11.9 Å². The summed E-state index contributed by atoms with van der Waals surface area (Å²) in [5.74, 6) is 0.741. The fourth-order valence-electron chi connectivity index (χ4n) is 2.32. The van der Waals surface area contributed by atoms with Gasteiger partial charge in [0, 0.05) is 30.7 Å². The van der Waals surface area contributed by atoms with Crippen LogP contribution in [-0.2, 0) is 16.6 Å². The molecule has 1 aliphatic rings. The van der Waals surface area contributed by atoms with Gasteiger partial charge in [-0.25, -0.2) is 13.4 Å². The lowest BCUT2D eigenvalue weighted by Crippen LogP contribution is -2.36. The highest BCUT2D eigenvalue weighted by atomic mass is 79.9. The molecule has 5 nitrogen and oxygen atoms in total. The lowest BCUT2D eigenvalue weighted by Gasteiger charge is -2.20. The smallest absolute Gasteiger partial charge is 0.262 e. The summed E-state index contributed by atoms with van der Waals surface area (Å²) in [6.07, 6.45) is 3.47. The van der Waals surface area contributed by atoms with E-state index in [9.17, 15) is 8.42 Å². The van der Waals surface area contributed by atoms with Crippen LogP contribution in [0.15, 0.2) is 11.2 Å². The summed E-state index contributed by atoms with van der Waals surface area (Å²) < 4.78 is 28.5. The molecule has 0 bridgehead atoms. The molecule has 1 fully saturated rings. The summed E-state index contributed by atoms with van der Waals surface area (Å²) in [5, 5.41) is 0.856. The molecule has 1 aromatic heterocycles. The topological polar surface area (TPSA) is 55.2 Å². The fraction of sp³-hybridized carbons (Fsp3) is 0.727. The number of aryl methyl sites for hydroxylation is 2. The first-order chi connectivity index (χ1) is 8.50. The predicted octanol–water partition coefficient (Wildman–Crippen LogP) is 1.76. The van der Waals surface area contributed by atoms with Gasteiger partial charge in [-0.3, -0.25) is 0 Å². The first kappa shape index (κ1) is 14.0. The van der Waals surface area contributed by atoms with Crippen molar-refractivity contribution < 1.29 is 8.42 Å². The summed E-state index contributed by atoms with van der Waals surface area (Å²) >= 11 is 3.38.